The van der Waals surface area contributed by atoms with Crippen LogP contribution in [0.25, 0.3) is 27.9 Å². The Bertz CT molecular complexity index is 1540. The average Bonchev–Trinajstić information content (AvgIpc) is 3.46. The van der Waals surface area contributed by atoms with Crippen LogP contribution >= 0.6 is 0 Å². The molecule has 0 saturated carbocycles. The number of carbonyl (C=O) groups is 2. The summed E-state index contributed by atoms with van der Waals surface area (Å²) in [5.41, 5.74) is 0.620. The molecular weight excluding hydrogens is 412 g/mol. The molecule has 0 aliphatic rings. The van der Waals surface area contributed by atoms with Gasteiger partial charge >= 0.3 is 11.6 Å². The van der Waals surface area contributed by atoms with Gasteiger partial charge in [0.25, 0.3) is 0 Å². The maximum absolute atomic E-state index is 13.4. The number of aromatic nitrogens is 2. The lowest BCUT2D eigenvalue weighted by Crippen LogP contribution is -2.16. The molecule has 0 radical (unpaired) electrons. The Morgan fingerprint density at radius 3 is 2.69 bits per heavy atom. The Hall–Kier alpha value is -4.46. The summed E-state index contributed by atoms with van der Waals surface area (Å²) in [6, 6.07) is 14.9. The molecule has 4 aromatic heterocycles. The van der Waals surface area contributed by atoms with Gasteiger partial charge in [-0.3, -0.25) is 9.20 Å². The second-order valence-corrected chi connectivity index (χ2v) is 6.98. The van der Waals surface area contributed by atoms with Crippen molar-refractivity contribution < 1.29 is 23.2 Å². The van der Waals surface area contributed by atoms with Crippen LogP contribution in [-0.2, 0) is 4.74 Å². The van der Waals surface area contributed by atoms with Crippen molar-refractivity contribution in [3.8, 4) is 11.5 Å². The number of hydrogen-bond donors (Lipinski definition) is 0. The molecule has 32 heavy (non-hydrogen) atoms. The van der Waals surface area contributed by atoms with E-state index in [1.807, 2.05) is 0 Å². The van der Waals surface area contributed by atoms with Gasteiger partial charge in [-0.15, -0.1) is 0 Å². The molecule has 0 aliphatic carbocycles. The van der Waals surface area contributed by atoms with Crippen molar-refractivity contribution in [1.29, 1.82) is 0 Å². The topological polar surface area (TPSA) is 104 Å². The molecular formula is C24H16N2O6. The summed E-state index contributed by atoms with van der Waals surface area (Å²) in [7, 11) is 0. The summed E-state index contributed by atoms with van der Waals surface area (Å²) in [5, 5.41) is 0.611. The van der Waals surface area contributed by atoms with E-state index in [2.05, 4.69) is 4.98 Å². The largest absolute Gasteiger partial charge is 0.463 e. The molecule has 0 aliphatic heterocycles. The minimum absolute atomic E-state index is 0.0872. The second-order valence-electron chi connectivity index (χ2n) is 6.98. The van der Waals surface area contributed by atoms with Crippen LogP contribution < -0.4 is 5.63 Å². The van der Waals surface area contributed by atoms with Gasteiger partial charge in [0, 0.05) is 5.39 Å². The van der Waals surface area contributed by atoms with Crippen LogP contribution in [0.1, 0.15) is 33.3 Å². The highest BCUT2D eigenvalue weighted by Crippen LogP contribution is 2.25. The van der Waals surface area contributed by atoms with Crippen LogP contribution in [0.4, 0.5) is 0 Å². The first kappa shape index (κ1) is 19.5. The second kappa shape index (κ2) is 7.66. The number of ketones is 1. The summed E-state index contributed by atoms with van der Waals surface area (Å²) >= 11 is 0. The van der Waals surface area contributed by atoms with E-state index in [1.165, 1.54) is 29.1 Å². The van der Waals surface area contributed by atoms with Crippen LogP contribution in [0.5, 0.6) is 0 Å². The molecule has 0 atom stereocenters. The Labute approximate surface area is 180 Å². The number of nitrogens with zero attached hydrogens (tertiary/aromatic N) is 2. The number of para-hydroxylation sites is 1. The summed E-state index contributed by atoms with van der Waals surface area (Å²) in [4.78, 5) is 42.8. The van der Waals surface area contributed by atoms with E-state index in [-0.39, 0.29) is 23.4 Å². The lowest BCUT2D eigenvalue weighted by molar-refractivity contribution is 0.0529. The van der Waals surface area contributed by atoms with E-state index in [1.54, 1.807) is 49.4 Å². The fourth-order valence-electron chi connectivity index (χ4n) is 3.56. The molecule has 0 amide bonds. The van der Waals surface area contributed by atoms with Crippen LogP contribution in [0.15, 0.2) is 80.8 Å². The molecule has 0 bridgehead atoms. The lowest BCUT2D eigenvalue weighted by Gasteiger charge is -2.04. The smallest absolute Gasteiger partial charge is 0.347 e. The Balaban J connectivity index is 1.70. The third kappa shape index (κ3) is 3.18. The molecule has 8 nitrogen and oxygen atoms in total. The van der Waals surface area contributed by atoms with Crippen molar-refractivity contribution in [3.63, 3.8) is 0 Å². The number of fused-ring (bicyclic) bond motifs is 2. The van der Waals surface area contributed by atoms with Crippen molar-refractivity contribution in [3.05, 3.63) is 94.4 Å². The molecule has 0 N–H and O–H groups in total. The number of ether oxygens (including phenoxy) is 1. The average molecular weight is 428 g/mol. The SMILES string of the molecule is CCOC(=O)c1cc(C(=O)c2cc3ccccc3oc2=O)n2cnc(-c3ccco3)cc12. The van der Waals surface area contributed by atoms with Gasteiger partial charge in [-0.1, -0.05) is 18.2 Å². The maximum Gasteiger partial charge on any atom is 0.347 e. The number of esters is 1. The molecule has 0 saturated heterocycles. The minimum Gasteiger partial charge on any atom is -0.463 e. The van der Waals surface area contributed by atoms with Gasteiger partial charge < -0.3 is 13.6 Å². The van der Waals surface area contributed by atoms with Gasteiger partial charge in [0.15, 0.2) is 5.76 Å². The highest BCUT2D eigenvalue weighted by Gasteiger charge is 2.25. The van der Waals surface area contributed by atoms with E-state index >= 15 is 0 Å². The predicted molar refractivity (Wildman–Crippen MR) is 115 cm³/mol. The summed E-state index contributed by atoms with van der Waals surface area (Å²) in [6.07, 6.45) is 2.92. The predicted octanol–water partition coefficient (Wildman–Crippen LogP) is 4.11. The van der Waals surface area contributed by atoms with Gasteiger partial charge in [0.05, 0.1) is 29.6 Å². The van der Waals surface area contributed by atoms with Crippen molar-refractivity contribution in [1.82, 2.24) is 9.38 Å². The first-order valence-corrected chi connectivity index (χ1v) is 9.86. The van der Waals surface area contributed by atoms with Crippen LogP contribution in [-0.4, -0.2) is 27.7 Å². The van der Waals surface area contributed by atoms with Crippen LogP contribution in [0.2, 0.25) is 0 Å². The van der Waals surface area contributed by atoms with E-state index < -0.39 is 17.4 Å². The fourth-order valence-corrected chi connectivity index (χ4v) is 3.56. The highest BCUT2D eigenvalue weighted by atomic mass is 16.5. The number of rotatable bonds is 5. The third-order valence-electron chi connectivity index (χ3n) is 5.05. The van der Waals surface area contributed by atoms with Crippen molar-refractivity contribution in [2.45, 2.75) is 6.92 Å². The van der Waals surface area contributed by atoms with Gasteiger partial charge in [0.1, 0.15) is 23.2 Å². The van der Waals surface area contributed by atoms with E-state index in [4.69, 9.17) is 13.6 Å². The Kier molecular flexibility index (Phi) is 4.67. The Morgan fingerprint density at radius 1 is 1.06 bits per heavy atom. The van der Waals surface area contributed by atoms with Gasteiger partial charge in [-0.05, 0) is 43.3 Å². The quantitative estimate of drug-likeness (QED) is 0.236. The fraction of sp³-hybridized carbons (Fsp3) is 0.0833. The number of benzene rings is 1. The van der Waals surface area contributed by atoms with E-state index in [9.17, 15) is 14.4 Å². The first-order valence-electron chi connectivity index (χ1n) is 9.86. The third-order valence-corrected chi connectivity index (χ3v) is 5.05. The zero-order chi connectivity index (χ0) is 22.2. The maximum atomic E-state index is 13.4. The molecule has 0 fully saturated rings. The molecule has 0 unspecified atom stereocenters. The van der Waals surface area contributed by atoms with Crippen molar-refractivity contribution >= 4 is 28.2 Å². The molecule has 5 rings (SSSR count). The highest BCUT2D eigenvalue weighted by molar-refractivity contribution is 6.12. The molecule has 158 valence electrons. The van der Waals surface area contributed by atoms with E-state index in [0.29, 0.717) is 27.9 Å². The summed E-state index contributed by atoms with van der Waals surface area (Å²) < 4.78 is 17.3. The van der Waals surface area contributed by atoms with Gasteiger partial charge in [-0.25, -0.2) is 14.6 Å². The number of carbonyl (C=O) groups excluding carboxylic acids is 2. The molecule has 8 heteroatoms. The molecule has 1 aromatic carbocycles. The summed E-state index contributed by atoms with van der Waals surface area (Å²) in [5.74, 6) is -0.680. The van der Waals surface area contributed by atoms with Gasteiger partial charge in [0.2, 0.25) is 5.78 Å². The zero-order valence-corrected chi connectivity index (χ0v) is 16.9. The zero-order valence-electron chi connectivity index (χ0n) is 16.9. The first-order chi connectivity index (χ1) is 15.6. The van der Waals surface area contributed by atoms with Crippen LogP contribution in [0.3, 0.4) is 0 Å². The van der Waals surface area contributed by atoms with Crippen molar-refractivity contribution in [2.75, 3.05) is 6.61 Å². The molecule has 5 aromatic rings. The molecule has 4 heterocycles. The normalized spacial score (nSPS) is 11.2. The lowest BCUT2D eigenvalue weighted by atomic mass is 10.1. The number of hydrogen-bond acceptors (Lipinski definition) is 7. The summed E-state index contributed by atoms with van der Waals surface area (Å²) in [6.45, 7) is 1.86. The minimum atomic E-state index is -0.763. The van der Waals surface area contributed by atoms with Crippen molar-refractivity contribution in [2.24, 2.45) is 0 Å². The van der Waals surface area contributed by atoms with E-state index in [0.717, 1.165) is 0 Å². The van der Waals surface area contributed by atoms with Crippen LogP contribution in [0, 0.1) is 0 Å². The standard InChI is InChI=1S/C24H16N2O6/c1-2-30-23(28)15-11-19(26-13-25-17(12-18(15)26)21-8-5-9-31-21)22(27)16-10-14-6-3-4-7-20(14)32-24(16)29/h3-13H,2H2,1H3. The number of furan rings is 1. The molecule has 0 spiro atoms. The van der Waals surface area contributed by atoms with Gasteiger partial charge in [-0.2, -0.15) is 0 Å². The Morgan fingerprint density at radius 2 is 1.91 bits per heavy atom. The monoisotopic (exact) mass is 428 g/mol.